The number of anilines is 1. The van der Waals surface area contributed by atoms with Gasteiger partial charge in [0.15, 0.2) is 0 Å². The van der Waals surface area contributed by atoms with E-state index in [2.05, 4.69) is 58.7 Å². The zero-order valence-electron chi connectivity index (χ0n) is 17.4. The normalized spacial score (nSPS) is 22.8. The highest BCUT2D eigenvalue weighted by molar-refractivity contribution is 5.77. The first-order valence-corrected chi connectivity index (χ1v) is 11.0. The molecule has 2 aliphatic heterocycles. The maximum atomic E-state index is 6.67. The van der Waals surface area contributed by atoms with E-state index in [4.69, 9.17) is 4.74 Å². The topological polar surface area (TPSA) is 33.5 Å². The molecule has 2 fully saturated rings. The largest absolute Gasteiger partial charge is 0.487 e. The summed E-state index contributed by atoms with van der Waals surface area (Å²) in [5.74, 6) is 1.11. The minimum absolute atomic E-state index is 0.304. The van der Waals surface area contributed by atoms with Crippen LogP contribution in [0.25, 0.3) is 11.1 Å². The molecule has 28 heavy (non-hydrogen) atoms. The Kier molecular flexibility index (Phi) is 4.58. The van der Waals surface area contributed by atoms with Crippen molar-refractivity contribution in [1.82, 2.24) is 14.7 Å². The molecule has 0 unspecified atom stereocenters. The SMILES string of the molecule is CCN1CC(Oc2c(-c3cnn(C4CC4)c3)ccc3c2CC[C@H](C)N3CC)C1. The molecule has 5 heteroatoms. The van der Waals surface area contributed by atoms with Crippen LogP contribution in [0.5, 0.6) is 5.75 Å². The number of likely N-dealkylation sites (tertiary alicyclic amines) is 1. The van der Waals surface area contributed by atoms with Crippen molar-refractivity contribution in [2.45, 2.75) is 64.6 Å². The third-order valence-electron chi connectivity index (χ3n) is 6.72. The van der Waals surface area contributed by atoms with Gasteiger partial charge in [0, 0.05) is 54.3 Å². The lowest BCUT2D eigenvalue weighted by molar-refractivity contribution is 0.0236. The van der Waals surface area contributed by atoms with Gasteiger partial charge in [-0.25, -0.2) is 0 Å². The minimum Gasteiger partial charge on any atom is -0.487 e. The number of nitrogens with zero attached hydrogens (tertiary/aromatic N) is 4. The summed E-state index contributed by atoms with van der Waals surface area (Å²) in [5, 5.41) is 4.63. The quantitative estimate of drug-likeness (QED) is 0.755. The van der Waals surface area contributed by atoms with E-state index in [1.807, 2.05) is 6.20 Å². The van der Waals surface area contributed by atoms with Gasteiger partial charge in [-0.3, -0.25) is 9.58 Å². The lowest BCUT2D eigenvalue weighted by Gasteiger charge is -2.41. The van der Waals surface area contributed by atoms with Crippen molar-refractivity contribution in [2.75, 3.05) is 31.1 Å². The molecule has 0 spiro atoms. The van der Waals surface area contributed by atoms with Gasteiger partial charge in [-0.2, -0.15) is 5.10 Å². The Bertz CT molecular complexity index is 850. The predicted octanol–water partition coefficient (Wildman–Crippen LogP) is 4.13. The zero-order chi connectivity index (χ0) is 19.3. The number of ether oxygens (including phenoxy) is 1. The van der Waals surface area contributed by atoms with Gasteiger partial charge in [0.1, 0.15) is 11.9 Å². The third kappa shape index (κ3) is 3.10. The van der Waals surface area contributed by atoms with Crippen LogP contribution in [0.1, 0.15) is 51.6 Å². The molecule has 1 aromatic heterocycles. The Morgan fingerprint density at radius 2 is 1.93 bits per heavy atom. The van der Waals surface area contributed by atoms with E-state index in [0.29, 0.717) is 18.2 Å². The number of hydrogen-bond acceptors (Lipinski definition) is 4. The van der Waals surface area contributed by atoms with Crippen LogP contribution in [0.3, 0.4) is 0 Å². The van der Waals surface area contributed by atoms with Crippen LogP contribution in [-0.4, -0.2) is 53.0 Å². The summed E-state index contributed by atoms with van der Waals surface area (Å²) in [6.45, 7) is 11.0. The number of rotatable bonds is 6. The first-order valence-electron chi connectivity index (χ1n) is 11.0. The second-order valence-electron chi connectivity index (χ2n) is 8.65. The summed E-state index contributed by atoms with van der Waals surface area (Å²) in [4.78, 5) is 4.97. The van der Waals surface area contributed by atoms with Gasteiger partial charge in [-0.1, -0.05) is 6.92 Å². The lowest BCUT2D eigenvalue weighted by Crippen LogP contribution is -2.53. The molecule has 1 atom stereocenters. The molecule has 1 aromatic carbocycles. The van der Waals surface area contributed by atoms with E-state index in [0.717, 1.165) is 38.3 Å². The number of hydrogen-bond donors (Lipinski definition) is 0. The highest BCUT2D eigenvalue weighted by Crippen LogP contribution is 2.44. The van der Waals surface area contributed by atoms with Gasteiger partial charge in [-0.15, -0.1) is 0 Å². The molecular weight excluding hydrogens is 348 g/mol. The van der Waals surface area contributed by atoms with Crippen molar-refractivity contribution >= 4 is 5.69 Å². The summed E-state index contributed by atoms with van der Waals surface area (Å²) in [6, 6.07) is 5.77. The van der Waals surface area contributed by atoms with E-state index in [-0.39, 0.29) is 0 Å². The summed E-state index contributed by atoms with van der Waals surface area (Å²) in [6.07, 6.45) is 9.34. The van der Waals surface area contributed by atoms with E-state index < -0.39 is 0 Å². The molecule has 5 rings (SSSR count). The average Bonchev–Trinajstić information content (AvgIpc) is 3.41. The summed E-state index contributed by atoms with van der Waals surface area (Å²) < 4.78 is 8.81. The number of likely N-dealkylation sites (N-methyl/N-ethyl adjacent to an activating group) is 1. The number of aromatic nitrogens is 2. The average molecular weight is 381 g/mol. The van der Waals surface area contributed by atoms with Crippen LogP contribution < -0.4 is 9.64 Å². The number of benzene rings is 1. The molecule has 2 aromatic rings. The molecule has 150 valence electrons. The zero-order valence-corrected chi connectivity index (χ0v) is 17.4. The van der Waals surface area contributed by atoms with Gasteiger partial charge in [0.05, 0.1) is 12.2 Å². The van der Waals surface area contributed by atoms with Crippen LogP contribution in [0, 0.1) is 0 Å². The van der Waals surface area contributed by atoms with Crippen molar-refractivity contribution in [3.8, 4) is 16.9 Å². The van der Waals surface area contributed by atoms with E-state index in [1.165, 1.54) is 41.6 Å². The fourth-order valence-electron chi connectivity index (χ4n) is 4.76. The maximum absolute atomic E-state index is 6.67. The Labute approximate surface area is 168 Å². The Morgan fingerprint density at radius 1 is 1.11 bits per heavy atom. The summed E-state index contributed by atoms with van der Waals surface area (Å²) >= 11 is 0. The minimum atomic E-state index is 0.304. The first kappa shape index (κ1) is 18.0. The third-order valence-corrected chi connectivity index (χ3v) is 6.72. The molecule has 0 N–H and O–H groups in total. The van der Waals surface area contributed by atoms with Gasteiger partial charge >= 0.3 is 0 Å². The van der Waals surface area contributed by atoms with Crippen LogP contribution in [0.4, 0.5) is 5.69 Å². The molecule has 1 aliphatic carbocycles. The van der Waals surface area contributed by atoms with Crippen molar-refractivity contribution < 1.29 is 4.74 Å². The summed E-state index contributed by atoms with van der Waals surface area (Å²) in [7, 11) is 0. The lowest BCUT2D eigenvalue weighted by atomic mass is 9.92. The maximum Gasteiger partial charge on any atom is 0.133 e. The Balaban J connectivity index is 1.53. The van der Waals surface area contributed by atoms with Crippen molar-refractivity contribution in [3.63, 3.8) is 0 Å². The predicted molar refractivity (Wildman–Crippen MR) is 113 cm³/mol. The number of fused-ring (bicyclic) bond motifs is 1. The van der Waals surface area contributed by atoms with Gasteiger partial charge in [-0.05, 0) is 58.2 Å². The Hall–Kier alpha value is -2.01. The summed E-state index contributed by atoms with van der Waals surface area (Å²) in [5.41, 5.74) is 5.16. The standard InChI is InChI=1S/C23H32N4O/c1-4-25-14-19(15-25)28-23-20(17-12-24-27(13-17)18-7-8-18)10-11-22-21(23)9-6-16(3)26(22)5-2/h10-13,16,18-19H,4-9,14-15H2,1-3H3/t16-/m0/s1. The fourth-order valence-corrected chi connectivity index (χ4v) is 4.76. The highest BCUT2D eigenvalue weighted by atomic mass is 16.5. The monoisotopic (exact) mass is 380 g/mol. The molecule has 0 amide bonds. The van der Waals surface area contributed by atoms with Crippen LogP contribution in [0.15, 0.2) is 24.5 Å². The molecule has 0 bridgehead atoms. The van der Waals surface area contributed by atoms with E-state index in [1.54, 1.807) is 0 Å². The molecular formula is C23H32N4O. The first-order chi connectivity index (χ1) is 13.7. The fraction of sp³-hybridized carbons (Fsp3) is 0.609. The van der Waals surface area contributed by atoms with Crippen LogP contribution in [0.2, 0.25) is 0 Å². The molecule has 1 saturated heterocycles. The molecule has 3 heterocycles. The van der Waals surface area contributed by atoms with E-state index >= 15 is 0 Å². The van der Waals surface area contributed by atoms with Crippen LogP contribution in [-0.2, 0) is 6.42 Å². The second kappa shape index (κ2) is 7.11. The smallest absolute Gasteiger partial charge is 0.133 e. The molecule has 3 aliphatic rings. The van der Waals surface area contributed by atoms with Crippen molar-refractivity contribution in [3.05, 3.63) is 30.1 Å². The molecule has 0 radical (unpaired) electrons. The van der Waals surface area contributed by atoms with Crippen LogP contribution >= 0.6 is 0 Å². The molecule has 5 nitrogen and oxygen atoms in total. The molecule has 1 saturated carbocycles. The van der Waals surface area contributed by atoms with Crippen molar-refractivity contribution in [1.29, 1.82) is 0 Å². The van der Waals surface area contributed by atoms with Gasteiger partial charge < -0.3 is 9.64 Å². The van der Waals surface area contributed by atoms with Gasteiger partial charge in [0.25, 0.3) is 0 Å². The van der Waals surface area contributed by atoms with E-state index in [9.17, 15) is 0 Å². The van der Waals surface area contributed by atoms with Crippen molar-refractivity contribution in [2.24, 2.45) is 0 Å². The highest BCUT2D eigenvalue weighted by Gasteiger charge is 2.32. The second-order valence-corrected chi connectivity index (χ2v) is 8.65. The van der Waals surface area contributed by atoms with Gasteiger partial charge in [0.2, 0.25) is 0 Å². The Morgan fingerprint density at radius 3 is 2.64 bits per heavy atom.